The van der Waals surface area contributed by atoms with E-state index in [9.17, 15) is 25.0 Å². The number of benzene rings is 1. The molecule has 1 aromatic carbocycles. The second-order valence-electron chi connectivity index (χ2n) is 7.43. The number of nitro benzene ring substituents is 2. The summed E-state index contributed by atoms with van der Waals surface area (Å²) in [6.45, 7) is 3.63. The van der Waals surface area contributed by atoms with Crippen molar-refractivity contribution in [1.82, 2.24) is 0 Å². The maximum atomic E-state index is 12.6. The summed E-state index contributed by atoms with van der Waals surface area (Å²) in [5.74, 6) is -0.704. The number of carbonyl (C=O) groups excluding carboxylic acids is 1. The van der Waals surface area contributed by atoms with Crippen molar-refractivity contribution < 1.29 is 24.3 Å². The Hall–Kier alpha value is -2.55. The quantitative estimate of drug-likeness (QED) is 0.466. The van der Waals surface area contributed by atoms with Crippen LogP contribution in [0.5, 0.6) is 0 Å². The first kappa shape index (κ1) is 19.8. The van der Waals surface area contributed by atoms with Crippen molar-refractivity contribution in [2.45, 2.75) is 44.8 Å². The van der Waals surface area contributed by atoms with Gasteiger partial charge in [-0.1, -0.05) is 0 Å². The number of non-ortho nitro benzene ring substituents is 1. The van der Waals surface area contributed by atoms with Gasteiger partial charge in [0.15, 0.2) is 0 Å². The van der Waals surface area contributed by atoms with E-state index in [0.717, 1.165) is 37.5 Å². The standard InChI is InChI=1S/C17H23N3O6/c1-17(2,13-6-5-7-14(13)18(3)4)26-16(21)12-9-8-11(19(22)23)10-15(12)20(24)25/h8-10,13-14H,5-7H2,1-4H3/p+1/t13-,14+/m0/s1. The van der Waals surface area contributed by atoms with Crippen LogP contribution in [0.4, 0.5) is 11.4 Å². The molecule has 0 spiro atoms. The van der Waals surface area contributed by atoms with Gasteiger partial charge in [0.2, 0.25) is 0 Å². The zero-order valence-corrected chi connectivity index (χ0v) is 15.4. The van der Waals surface area contributed by atoms with Gasteiger partial charge in [-0.15, -0.1) is 0 Å². The van der Waals surface area contributed by atoms with Crippen LogP contribution < -0.4 is 4.90 Å². The molecule has 1 N–H and O–H groups in total. The monoisotopic (exact) mass is 366 g/mol. The van der Waals surface area contributed by atoms with Gasteiger partial charge in [0.1, 0.15) is 11.2 Å². The van der Waals surface area contributed by atoms with Gasteiger partial charge in [-0.3, -0.25) is 20.2 Å². The Labute approximate surface area is 151 Å². The molecule has 1 saturated carbocycles. The molecule has 0 saturated heterocycles. The smallest absolute Gasteiger partial charge is 0.345 e. The molecule has 1 fully saturated rings. The number of hydrogen-bond acceptors (Lipinski definition) is 6. The third-order valence-electron chi connectivity index (χ3n) is 5.11. The first-order chi connectivity index (χ1) is 12.0. The van der Waals surface area contributed by atoms with Crippen molar-refractivity contribution >= 4 is 17.3 Å². The van der Waals surface area contributed by atoms with E-state index in [2.05, 4.69) is 14.1 Å². The van der Waals surface area contributed by atoms with Crippen LogP contribution in [0.2, 0.25) is 0 Å². The van der Waals surface area contributed by atoms with E-state index in [-0.39, 0.29) is 11.5 Å². The second kappa shape index (κ2) is 7.36. The lowest BCUT2D eigenvalue weighted by molar-refractivity contribution is -0.889. The van der Waals surface area contributed by atoms with E-state index in [1.54, 1.807) is 0 Å². The van der Waals surface area contributed by atoms with Gasteiger partial charge in [-0.25, -0.2) is 4.79 Å². The molecule has 0 bridgehead atoms. The number of rotatable bonds is 6. The van der Waals surface area contributed by atoms with Crippen molar-refractivity contribution in [3.05, 3.63) is 44.0 Å². The number of hydrogen-bond donors (Lipinski definition) is 1. The van der Waals surface area contributed by atoms with Gasteiger partial charge in [0.05, 0.1) is 42.0 Å². The van der Waals surface area contributed by atoms with Gasteiger partial charge in [0.25, 0.3) is 11.4 Å². The molecular formula is C17H24N3O6+. The molecule has 26 heavy (non-hydrogen) atoms. The molecular weight excluding hydrogens is 342 g/mol. The molecule has 0 heterocycles. The highest BCUT2D eigenvalue weighted by molar-refractivity contribution is 5.94. The average Bonchev–Trinajstić information content (AvgIpc) is 3.04. The molecule has 0 radical (unpaired) electrons. The van der Waals surface area contributed by atoms with Gasteiger partial charge >= 0.3 is 5.97 Å². The SMILES string of the molecule is C[NH+](C)[C@@H]1CCC[C@@H]1C(C)(C)OC(=O)c1ccc([N+](=O)[O-])cc1[N+](=O)[O-]. The Morgan fingerprint density at radius 3 is 2.38 bits per heavy atom. The fraction of sp³-hybridized carbons (Fsp3) is 0.588. The summed E-state index contributed by atoms with van der Waals surface area (Å²) >= 11 is 0. The summed E-state index contributed by atoms with van der Waals surface area (Å²) < 4.78 is 5.65. The van der Waals surface area contributed by atoms with Crippen LogP contribution in [0.15, 0.2) is 18.2 Å². The molecule has 0 amide bonds. The molecule has 2 atom stereocenters. The minimum absolute atomic E-state index is 0.133. The van der Waals surface area contributed by atoms with Crippen LogP contribution in [0.1, 0.15) is 43.5 Å². The summed E-state index contributed by atoms with van der Waals surface area (Å²) in [6.07, 6.45) is 2.99. The molecule has 9 heteroatoms. The maximum Gasteiger partial charge on any atom is 0.345 e. The molecule has 1 aliphatic carbocycles. The Morgan fingerprint density at radius 1 is 1.19 bits per heavy atom. The van der Waals surface area contributed by atoms with Gasteiger partial charge in [-0.2, -0.15) is 0 Å². The lowest BCUT2D eigenvalue weighted by atomic mass is 9.85. The number of nitrogens with one attached hydrogen (secondary N) is 1. The van der Waals surface area contributed by atoms with E-state index in [1.165, 1.54) is 4.90 Å². The zero-order chi connectivity index (χ0) is 19.6. The highest BCUT2D eigenvalue weighted by Crippen LogP contribution is 2.36. The zero-order valence-electron chi connectivity index (χ0n) is 15.4. The van der Waals surface area contributed by atoms with E-state index in [1.807, 2.05) is 13.8 Å². The number of ether oxygens (including phenoxy) is 1. The Bertz CT molecular complexity index is 731. The summed E-state index contributed by atoms with van der Waals surface area (Å²) in [5.41, 5.74) is -2.15. The van der Waals surface area contributed by atoms with Crippen LogP contribution in [0, 0.1) is 26.1 Å². The topological polar surface area (TPSA) is 117 Å². The van der Waals surface area contributed by atoms with E-state index >= 15 is 0 Å². The third-order valence-corrected chi connectivity index (χ3v) is 5.11. The summed E-state index contributed by atoms with van der Waals surface area (Å²) in [7, 11) is 4.12. The minimum atomic E-state index is -0.837. The fourth-order valence-corrected chi connectivity index (χ4v) is 3.81. The first-order valence-electron chi connectivity index (χ1n) is 8.51. The van der Waals surface area contributed by atoms with E-state index < -0.39 is 32.8 Å². The Morgan fingerprint density at radius 2 is 1.85 bits per heavy atom. The molecule has 2 rings (SSSR count). The molecule has 1 aromatic rings. The van der Waals surface area contributed by atoms with E-state index in [0.29, 0.717) is 6.04 Å². The normalized spacial score (nSPS) is 20.2. The molecule has 0 aliphatic heterocycles. The number of carbonyl (C=O) groups is 1. The van der Waals surface area contributed by atoms with Crippen LogP contribution in [0.3, 0.4) is 0 Å². The summed E-state index contributed by atoms with van der Waals surface area (Å²) in [5, 5.41) is 22.1. The predicted octanol–water partition coefficient (Wildman–Crippen LogP) is 1.75. The largest absolute Gasteiger partial charge is 0.455 e. The lowest BCUT2D eigenvalue weighted by Gasteiger charge is -2.35. The highest BCUT2D eigenvalue weighted by atomic mass is 16.6. The molecule has 1 aliphatic rings. The summed E-state index contributed by atoms with van der Waals surface area (Å²) in [4.78, 5) is 34.4. The van der Waals surface area contributed by atoms with Gasteiger partial charge in [-0.05, 0) is 39.2 Å². The second-order valence-corrected chi connectivity index (χ2v) is 7.43. The number of quaternary nitrogens is 1. The maximum absolute atomic E-state index is 12.6. The number of esters is 1. The van der Waals surface area contributed by atoms with Crippen molar-refractivity contribution in [2.24, 2.45) is 5.92 Å². The van der Waals surface area contributed by atoms with Crippen LogP contribution >= 0.6 is 0 Å². The van der Waals surface area contributed by atoms with Crippen molar-refractivity contribution in [3.63, 3.8) is 0 Å². The van der Waals surface area contributed by atoms with Gasteiger partial charge < -0.3 is 9.64 Å². The van der Waals surface area contributed by atoms with Crippen molar-refractivity contribution in [3.8, 4) is 0 Å². The number of nitro groups is 2. The molecule has 0 aromatic heterocycles. The third kappa shape index (κ3) is 3.98. The average molecular weight is 366 g/mol. The van der Waals surface area contributed by atoms with Crippen LogP contribution in [0.25, 0.3) is 0 Å². The molecule has 0 unspecified atom stereocenters. The first-order valence-corrected chi connectivity index (χ1v) is 8.51. The van der Waals surface area contributed by atoms with Crippen LogP contribution in [-0.2, 0) is 4.74 Å². The van der Waals surface area contributed by atoms with Gasteiger partial charge in [0, 0.05) is 6.07 Å². The Kier molecular flexibility index (Phi) is 5.60. The fourth-order valence-electron chi connectivity index (χ4n) is 3.81. The predicted molar refractivity (Wildman–Crippen MR) is 93.2 cm³/mol. The van der Waals surface area contributed by atoms with Crippen molar-refractivity contribution in [1.29, 1.82) is 0 Å². The molecule has 9 nitrogen and oxygen atoms in total. The minimum Gasteiger partial charge on any atom is -0.455 e. The highest BCUT2D eigenvalue weighted by Gasteiger charge is 2.45. The number of nitrogens with zero attached hydrogens (tertiary/aromatic N) is 2. The lowest BCUT2D eigenvalue weighted by Crippen LogP contribution is -3.11. The Balaban J connectivity index is 2.29. The van der Waals surface area contributed by atoms with Crippen LogP contribution in [-0.4, -0.2) is 41.6 Å². The van der Waals surface area contributed by atoms with Crippen molar-refractivity contribution in [2.75, 3.05) is 14.1 Å². The summed E-state index contributed by atoms with van der Waals surface area (Å²) in [6, 6.07) is 3.27. The van der Waals surface area contributed by atoms with E-state index in [4.69, 9.17) is 4.74 Å². The molecule has 142 valence electrons.